The minimum absolute atomic E-state index is 0.0617. The molecule has 0 aliphatic rings. The summed E-state index contributed by atoms with van der Waals surface area (Å²) in [5.41, 5.74) is 2.21. The van der Waals surface area contributed by atoms with Crippen molar-refractivity contribution in [1.82, 2.24) is 5.32 Å². The van der Waals surface area contributed by atoms with Crippen LogP contribution in [0.25, 0.3) is 0 Å². The summed E-state index contributed by atoms with van der Waals surface area (Å²) in [6.45, 7) is 0.352. The zero-order valence-electron chi connectivity index (χ0n) is 12.2. The van der Waals surface area contributed by atoms with Gasteiger partial charge in [0.25, 0.3) is 0 Å². The van der Waals surface area contributed by atoms with E-state index in [1.54, 1.807) is 6.07 Å². The predicted molar refractivity (Wildman–Crippen MR) is 82.4 cm³/mol. The fourth-order valence-electron chi connectivity index (χ4n) is 2.11. The summed E-state index contributed by atoms with van der Waals surface area (Å²) in [5, 5.41) is 21.5. The predicted octanol–water partition coefficient (Wildman–Crippen LogP) is 2.35. The van der Waals surface area contributed by atoms with Crippen molar-refractivity contribution in [3.8, 4) is 5.75 Å². The summed E-state index contributed by atoms with van der Waals surface area (Å²) in [6.07, 6.45) is 0.0135. The molecule has 2 rings (SSSR count). The lowest BCUT2D eigenvalue weighted by Crippen LogP contribution is -2.26. The Kier molecular flexibility index (Phi) is 5.80. The molecule has 1 amide bonds. The summed E-state index contributed by atoms with van der Waals surface area (Å²) in [7, 11) is 0. The Morgan fingerprint density at radius 2 is 1.86 bits per heavy atom. The Balaban J connectivity index is 1.77. The van der Waals surface area contributed by atoms with Gasteiger partial charge in [-0.05, 0) is 23.6 Å². The lowest BCUT2D eigenvalue weighted by atomic mass is 10.0. The Bertz CT molecular complexity index is 613. The molecule has 0 bridgehead atoms. The molecule has 0 saturated carbocycles. The summed E-state index contributed by atoms with van der Waals surface area (Å²) in [5.74, 6) is 0.0617. The maximum Gasteiger partial charge on any atom is 0.407 e. The zero-order valence-corrected chi connectivity index (χ0v) is 12.2. The molecule has 116 valence electrons. The van der Waals surface area contributed by atoms with Gasteiger partial charge < -0.3 is 20.3 Å². The number of aliphatic hydroxyl groups excluding tert-OH is 1. The number of rotatable bonds is 6. The minimum atomic E-state index is -0.491. The number of benzene rings is 2. The van der Waals surface area contributed by atoms with Crippen LogP contribution in [-0.4, -0.2) is 22.9 Å². The van der Waals surface area contributed by atoms with E-state index in [0.29, 0.717) is 18.5 Å². The third kappa shape index (κ3) is 4.49. The van der Waals surface area contributed by atoms with Crippen molar-refractivity contribution in [2.45, 2.75) is 19.6 Å². The second-order valence-electron chi connectivity index (χ2n) is 4.81. The molecule has 0 unspecified atom stereocenters. The summed E-state index contributed by atoms with van der Waals surface area (Å²) < 4.78 is 5.10. The van der Waals surface area contributed by atoms with Crippen LogP contribution in [0.15, 0.2) is 48.5 Å². The summed E-state index contributed by atoms with van der Waals surface area (Å²) in [6, 6.07) is 14.5. The number of hydrogen-bond acceptors (Lipinski definition) is 4. The Labute approximate surface area is 129 Å². The quantitative estimate of drug-likeness (QED) is 0.765. The van der Waals surface area contributed by atoms with Crippen molar-refractivity contribution in [3.63, 3.8) is 0 Å². The molecule has 5 nitrogen and oxygen atoms in total. The zero-order chi connectivity index (χ0) is 15.8. The van der Waals surface area contributed by atoms with Gasteiger partial charge in [-0.1, -0.05) is 42.5 Å². The van der Waals surface area contributed by atoms with Crippen LogP contribution >= 0.6 is 0 Å². The van der Waals surface area contributed by atoms with Crippen molar-refractivity contribution in [2.75, 3.05) is 6.54 Å². The minimum Gasteiger partial charge on any atom is -0.508 e. The van der Waals surface area contributed by atoms with Crippen molar-refractivity contribution in [3.05, 3.63) is 65.2 Å². The standard InChI is InChI=1S/C17H19NO4/c19-11-15-14(7-4-8-16(15)20)9-10-18-17(21)22-12-13-5-2-1-3-6-13/h1-8,19-20H,9-12H2,(H,18,21). The van der Waals surface area contributed by atoms with Crippen LogP contribution in [0.4, 0.5) is 4.79 Å². The van der Waals surface area contributed by atoms with Gasteiger partial charge in [0.15, 0.2) is 0 Å². The molecular formula is C17H19NO4. The van der Waals surface area contributed by atoms with Crippen LogP contribution in [0, 0.1) is 0 Å². The SMILES string of the molecule is O=C(NCCc1cccc(O)c1CO)OCc1ccccc1. The number of phenols is 1. The van der Waals surface area contributed by atoms with E-state index in [1.165, 1.54) is 6.07 Å². The molecule has 0 saturated heterocycles. The van der Waals surface area contributed by atoms with Gasteiger partial charge >= 0.3 is 6.09 Å². The van der Waals surface area contributed by atoms with Crippen LogP contribution in [0.5, 0.6) is 5.75 Å². The molecule has 5 heteroatoms. The van der Waals surface area contributed by atoms with E-state index in [9.17, 15) is 15.0 Å². The third-order valence-corrected chi connectivity index (χ3v) is 3.28. The number of amides is 1. The van der Waals surface area contributed by atoms with Crippen LogP contribution in [0.2, 0.25) is 0 Å². The van der Waals surface area contributed by atoms with Crippen molar-refractivity contribution in [2.24, 2.45) is 0 Å². The molecule has 0 aromatic heterocycles. The van der Waals surface area contributed by atoms with E-state index < -0.39 is 6.09 Å². The maximum atomic E-state index is 11.6. The second-order valence-corrected chi connectivity index (χ2v) is 4.81. The Morgan fingerprint density at radius 3 is 2.59 bits per heavy atom. The van der Waals surface area contributed by atoms with E-state index in [1.807, 2.05) is 36.4 Å². The van der Waals surface area contributed by atoms with Crippen LogP contribution in [0.3, 0.4) is 0 Å². The monoisotopic (exact) mass is 301 g/mol. The smallest absolute Gasteiger partial charge is 0.407 e. The van der Waals surface area contributed by atoms with Gasteiger partial charge in [-0.15, -0.1) is 0 Å². The number of aliphatic hydroxyl groups is 1. The summed E-state index contributed by atoms with van der Waals surface area (Å²) in [4.78, 5) is 11.6. The highest BCUT2D eigenvalue weighted by molar-refractivity contribution is 5.67. The molecule has 2 aromatic carbocycles. The number of nitrogens with one attached hydrogen (secondary N) is 1. The van der Waals surface area contributed by atoms with Gasteiger partial charge in [0, 0.05) is 12.1 Å². The van der Waals surface area contributed by atoms with Gasteiger partial charge in [-0.3, -0.25) is 0 Å². The number of hydrogen-bond donors (Lipinski definition) is 3. The van der Waals surface area contributed by atoms with Gasteiger partial charge in [-0.25, -0.2) is 4.79 Å². The normalized spacial score (nSPS) is 10.2. The Hall–Kier alpha value is -2.53. The number of carbonyl (C=O) groups is 1. The first-order chi connectivity index (χ1) is 10.7. The average molecular weight is 301 g/mol. The second kappa shape index (κ2) is 8.05. The first-order valence-electron chi connectivity index (χ1n) is 7.06. The van der Waals surface area contributed by atoms with E-state index >= 15 is 0 Å². The lowest BCUT2D eigenvalue weighted by molar-refractivity contribution is 0.140. The summed E-state index contributed by atoms with van der Waals surface area (Å²) >= 11 is 0. The molecule has 0 heterocycles. The van der Waals surface area contributed by atoms with Gasteiger partial charge in [-0.2, -0.15) is 0 Å². The maximum absolute atomic E-state index is 11.6. The molecule has 2 aromatic rings. The highest BCUT2D eigenvalue weighted by Gasteiger charge is 2.07. The highest BCUT2D eigenvalue weighted by Crippen LogP contribution is 2.21. The molecular weight excluding hydrogens is 282 g/mol. The fraction of sp³-hybridized carbons (Fsp3) is 0.235. The van der Waals surface area contributed by atoms with Crippen LogP contribution in [0.1, 0.15) is 16.7 Å². The van der Waals surface area contributed by atoms with Crippen molar-refractivity contribution >= 4 is 6.09 Å². The average Bonchev–Trinajstić information content (AvgIpc) is 2.54. The first kappa shape index (κ1) is 15.9. The van der Waals surface area contributed by atoms with E-state index in [0.717, 1.165) is 11.1 Å². The van der Waals surface area contributed by atoms with Gasteiger partial charge in [0.05, 0.1) is 6.61 Å². The largest absolute Gasteiger partial charge is 0.508 e. The molecule has 22 heavy (non-hydrogen) atoms. The fourth-order valence-corrected chi connectivity index (χ4v) is 2.11. The third-order valence-electron chi connectivity index (χ3n) is 3.28. The van der Waals surface area contributed by atoms with Gasteiger partial charge in [0.1, 0.15) is 12.4 Å². The molecule has 0 radical (unpaired) electrons. The number of ether oxygens (including phenoxy) is 1. The van der Waals surface area contributed by atoms with Crippen molar-refractivity contribution < 1.29 is 19.7 Å². The van der Waals surface area contributed by atoms with E-state index in [-0.39, 0.29) is 19.0 Å². The molecule has 3 N–H and O–H groups in total. The van der Waals surface area contributed by atoms with Crippen molar-refractivity contribution in [1.29, 1.82) is 0 Å². The number of carbonyl (C=O) groups excluding carboxylic acids is 1. The molecule has 0 fully saturated rings. The molecule has 0 aliphatic heterocycles. The highest BCUT2D eigenvalue weighted by atomic mass is 16.5. The van der Waals surface area contributed by atoms with Crippen LogP contribution in [-0.2, 0) is 24.4 Å². The molecule has 0 aliphatic carbocycles. The van der Waals surface area contributed by atoms with Gasteiger partial charge in [0.2, 0.25) is 0 Å². The number of aromatic hydroxyl groups is 1. The van der Waals surface area contributed by atoms with E-state index in [4.69, 9.17) is 4.74 Å². The molecule has 0 spiro atoms. The molecule has 0 atom stereocenters. The first-order valence-corrected chi connectivity index (χ1v) is 7.06. The Morgan fingerprint density at radius 1 is 1.09 bits per heavy atom. The number of alkyl carbamates (subject to hydrolysis) is 1. The topological polar surface area (TPSA) is 78.8 Å². The lowest BCUT2D eigenvalue weighted by Gasteiger charge is -2.10. The van der Waals surface area contributed by atoms with E-state index in [2.05, 4.69) is 5.32 Å². The van der Waals surface area contributed by atoms with Crippen LogP contribution < -0.4 is 5.32 Å².